The van der Waals surface area contributed by atoms with Gasteiger partial charge in [0.15, 0.2) is 5.96 Å². The summed E-state index contributed by atoms with van der Waals surface area (Å²) < 4.78 is 0. The summed E-state index contributed by atoms with van der Waals surface area (Å²) in [7, 11) is 0. The number of carboxylic acids is 1. The minimum Gasteiger partial charge on any atom is -0.508 e. The highest BCUT2D eigenvalue weighted by atomic mass is 16.4. The Morgan fingerprint density at radius 1 is 0.787 bits per heavy atom. The normalized spacial score (nSPS) is 11.9. The molecule has 0 bridgehead atoms. The van der Waals surface area contributed by atoms with E-state index in [0.717, 1.165) is 18.9 Å². The second-order valence-electron chi connectivity index (χ2n) is 11.0. The molecule has 1 aromatic rings. The molecule has 1 rings (SSSR count). The third-order valence-corrected chi connectivity index (χ3v) is 6.84. The van der Waals surface area contributed by atoms with E-state index in [2.05, 4.69) is 31.6 Å². The van der Waals surface area contributed by atoms with Gasteiger partial charge in [-0.1, -0.05) is 6.07 Å². The van der Waals surface area contributed by atoms with Crippen LogP contribution in [-0.4, -0.2) is 102 Å². The number of carbonyl (C=O) groups excluding carboxylic acids is 4. The number of nitrogens with one attached hydrogen (secondary N) is 5. The van der Waals surface area contributed by atoms with Gasteiger partial charge in [0.1, 0.15) is 17.5 Å². The fraction of sp³-hybridized carbons (Fsp3) is 0.600. The Bertz CT molecular complexity index is 1180. The lowest BCUT2D eigenvalue weighted by Gasteiger charge is -2.17. The number of carbonyl (C=O) groups is 5. The molecule has 0 aliphatic rings. The average molecular weight is 666 g/mol. The van der Waals surface area contributed by atoms with E-state index in [1.54, 1.807) is 0 Å². The van der Waals surface area contributed by atoms with E-state index in [1.807, 2.05) is 0 Å². The van der Waals surface area contributed by atoms with Crippen molar-refractivity contribution in [2.24, 2.45) is 22.2 Å². The second-order valence-corrected chi connectivity index (χ2v) is 11.0. The number of carboxylic acid groups (broad SMARTS) is 1. The third-order valence-electron chi connectivity index (χ3n) is 6.84. The van der Waals surface area contributed by atoms with Crippen molar-refractivity contribution < 1.29 is 39.3 Å². The number of nitrogens with two attached hydrogens (primary N) is 3. The molecule has 17 nitrogen and oxygen atoms in total. The molecule has 0 aliphatic heterocycles. The van der Waals surface area contributed by atoms with Crippen LogP contribution in [0.1, 0.15) is 63.4 Å². The molecule has 0 fully saturated rings. The van der Waals surface area contributed by atoms with Crippen molar-refractivity contribution in [2.45, 2.75) is 76.3 Å². The van der Waals surface area contributed by atoms with E-state index in [4.69, 9.17) is 22.3 Å². The van der Waals surface area contributed by atoms with Crippen LogP contribution in [0.2, 0.25) is 0 Å². The maximum atomic E-state index is 12.5. The summed E-state index contributed by atoms with van der Waals surface area (Å²) in [5, 5.41) is 42.2. The fourth-order valence-corrected chi connectivity index (χ4v) is 4.28. The molecule has 0 radical (unpaired) electrons. The first-order valence-electron chi connectivity index (χ1n) is 15.7. The average Bonchev–Trinajstić information content (AvgIpc) is 3.00. The van der Waals surface area contributed by atoms with Crippen LogP contribution in [-0.2, 0) is 30.4 Å². The summed E-state index contributed by atoms with van der Waals surface area (Å²) in [6.07, 6.45) is 4.08. The van der Waals surface area contributed by atoms with Crippen LogP contribution in [0, 0.1) is 0 Å². The first-order chi connectivity index (χ1) is 22.4. The van der Waals surface area contributed by atoms with Gasteiger partial charge >= 0.3 is 5.97 Å². The zero-order valence-electron chi connectivity index (χ0n) is 26.8. The standard InChI is InChI=1S/C30H51N9O8/c31-22(7-6-15-38-30(32)33)28(46)36-14-5-4-11-34-16-10-25(42)35-12-2-1-3-13-37-29(47)23(19-27(44)45)39-26(43)17-20-8-9-21(40)18-24(20)41/h8-9,18,22-23,34,40-41H,1-7,10-17,19,31H2,(H,35,42)(H,36,46)(H,37,47)(H,39,43)(H,44,45)(H4,32,33,38). The molecular weight excluding hydrogens is 614 g/mol. The Kier molecular flexibility index (Phi) is 20.3. The summed E-state index contributed by atoms with van der Waals surface area (Å²) in [5.74, 6) is -3.31. The molecule has 47 heavy (non-hydrogen) atoms. The number of phenols is 2. The van der Waals surface area contributed by atoms with Crippen molar-refractivity contribution in [3.8, 4) is 11.5 Å². The van der Waals surface area contributed by atoms with Crippen LogP contribution in [0.3, 0.4) is 0 Å². The van der Waals surface area contributed by atoms with Crippen LogP contribution in [0.5, 0.6) is 11.5 Å². The van der Waals surface area contributed by atoms with Gasteiger partial charge in [-0.05, 0) is 57.6 Å². The lowest BCUT2D eigenvalue weighted by Crippen LogP contribution is -2.48. The molecule has 0 aromatic heterocycles. The smallest absolute Gasteiger partial charge is 0.305 e. The number of hydrogen-bond acceptors (Lipinski definition) is 10. The Hall–Kier alpha value is -4.64. The van der Waals surface area contributed by atoms with Crippen molar-refractivity contribution in [3.63, 3.8) is 0 Å². The van der Waals surface area contributed by atoms with Gasteiger partial charge in [0, 0.05) is 50.8 Å². The molecule has 264 valence electrons. The molecule has 17 heteroatoms. The summed E-state index contributed by atoms with van der Waals surface area (Å²) in [6.45, 7) is 2.91. The largest absolute Gasteiger partial charge is 0.508 e. The first-order valence-corrected chi connectivity index (χ1v) is 15.7. The van der Waals surface area contributed by atoms with Gasteiger partial charge in [0.05, 0.1) is 18.9 Å². The number of amides is 4. The summed E-state index contributed by atoms with van der Waals surface area (Å²) in [4.78, 5) is 63.9. The molecule has 4 amide bonds. The predicted octanol–water partition coefficient (Wildman–Crippen LogP) is -1.74. The topological polar surface area (TPSA) is 297 Å². The van der Waals surface area contributed by atoms with Gasteiger partial charge in [-0.3, -0.25) is 29.0 Å². The molecule has 14 N–H and O–H groups in total. The number of aliphatic imine (C=N–C) groups is 1. The predicted molar refractivity (Wildman–Crippen MR) is 175 cm³/mol. The van der Waals surface area contributed by atoms with Crippen LogP contribution < -0.4 is 43.8 Å². The number of aliphatic carboxylic acids is 1. The van der Waals surface area contributed by atoms with Crippen molar-refractivity contribution in [2.75, 3.05) is 39.3 Å². The van der Waals surface area contributed by atoms with Crippen LogP contribution >= 0.6 is 0 Å². The van der Waals surface area contributed by atoms with Crippen LogP contribution in [0.15, 0.2) is 23.2 Å². The Balaban J connectivity index is 2.09. The lowest BCUT2D eigenvalue weighted by atomic mass is 10.1. The highest BCUT2D eigenvalue weighted by Gasteiger charge is 2.24. The third kappa shape index (κ3) is 20.2. The molecule has 2 unspecified atom stereocenters. The van der Waals surface area contributed by atoms with Crippen LogP contribution in [0.25, 0.3) is 0 Å². The maximum Gasteiger partial charge on any atom is 0.305 e. The van der Waals surface area contributed by atoms with E-state index in [-0.39, 0.29) is 47.8 Å². The SMILES string of the molecule is NC(N)=NCCCC(N)C(=O)NCCCCNCCC(=O)NCCCCCNC(=O)C(CC(=O)O)NC(=O)Cc1ccc(O)cc1O. The number of unbranched alkanes of at least 4 members (excludes halogenated alkanes) is 3. The lowest BCUT2D eigenvalue weighted by molar-refractivity contribution is -0.140. The van der Waals surface area contributed by atoms with Crippen molar-refractivity contribution in [1.29, 1.82) is 0 Å². The van der Waals surface area contributed by atoms with Crippen LogP contribution in [0.4, 0.5) is 0 Å². The van der Waals surface area contributed by atoms with E-state index in [9.17, 15) is 34.2 Å². The van der Waals surface area contributed by atoms with Gasteiger partial charge in [0.25, 0.3) is 0 Å². The van der Waals surface area contributed by atoms with Gasteiger partial charge in [-0.2, -0.15) is 0 Å². The van der Waals surface area contributed by atoms with Crippen molar-refractivity contribution in [3.05, 3.63) is 23.8 Å². The molecule has 2 atom stereocenters. The fourth-order valence-electron chi connectivity index (χ4n) is 4.28. The highest BCUT2D eigenvalue weighted by molar-refractivity contribution is 5.91. The Morgan fingerprint density at radius 2 is 1.43 bits per heavy atom. The van der Waals surface area contributed by atoms with Gasteiger partial charge in [-0.25, -0.2) is 0 Å². The monoisotopic (exact) mass is 665 g/mol. The van der Waals surface area contributed by atoms with Crippen molar-refractivity contribution >= 4 is 35.6 Å². The Morgan fingerprint density at radius 3 is 2.09 bits per heavy atom. The number of aromatic hydroxyl groups is 2. The number of rotatable bonds is 25. The summed E-state index contributed by atoms with van der Waals surface area (Å²) in [6, 6.07) is 1.82. The minimum atomic E-state index is -1.30. The molecule has 0 saturated carbocycles. The zero-order chi connectivity index (χ0) is 35.0. The van der Waals surface area contributed by atoms with E-state index in [0.29, 0.717) is 71.2 Å². The zero-order valence-corrected chi connectivity index (χ0v) is 26.8. The highest BCUT2D eigenvalue weighted by Crippen LogP contribution is 2.22. The minimum absolute atomic E-state index is 0.0122. The van der Waals surface area contributed by atoms with Gasteiger partial charge in [-0.15, -0.1) is 0 Å². The molecule has 0 aliphatic carbocycles. The molecule has 0 heterocycles. The molecule has 1 aromatic carbocycles. The molecule has 0 spiro atoms. The van der Waals surface area contributed by atoms with Crippen molar-refractivity contribution in [1.82, 2.24) is 26.6 Å². The number of phenolic OH excluding ortho intramolecular Hbond substituents is 2. The molecular formula is C30H51N9O8. The van der Waals surface area contributed by atoms with E-state index in [1.165, 1.54) is 12.1 Å². The van der Waals surface area contributed by atoms with E-state index >= 15 is 0 Å². The number of nitrogens with zero attached hydrogens (tertiary/aromatic N) is 1. The summed E-state index contributed by atoms with van der Waals surface area (Å²) in [5.41, 5.74) is 16.6. The quantitative estimate of drug-likeness (QED) is 0.0315. The Labute approximate surface area is 274 Å². The summed E-state index contributed by atoms with van der Waals surface area (Å²) >= 11 is 0. The van der Waals surface area contributed by atoms with Gasteiger partial charge < -0.3 is 59.1 Å². The number of benzene rings is 1. The van der Waals surface area contributed by atoms with E-state index < -0.39 is 36.3 Å². The maximum absolute atomic E-state index is 12.5. The molecule has 0 saturated heterocycles. The second kappa shape index (κ2) is 23.7. The number of hydrogen-bond donors (Lipinski definition) is 11. The van der Waals surface area contributed by atoms with Gasteiger partial charge in [0.2, 0.25) is 23.6 Å². The number of guanidine groups is 1. The first kappa shape index (κ1) is 40.4.